The number of H-pyrrole nitrogens is 1. The molecule has 3 heterocycles. The number of fused-ring (bicyclic) bond motifs is 2. The number of rotatable bonds is 15. The number of benzene rings is 2. The summed E-state index contributed by atoms with van der Waals surface area (Å²) in [6.45, 7) is 0.158. The van der Waals surface area contributed by atoms with Crippen LogP contribution >= 0.6 is 11.3 Å². The van der Waals surface area contributed by atoms with Gasteiger partial charge in [0.25, 0.3) is 15.6 Å². The lowest BCUT2D eigenvalue weighted by molar-refractivity contribution is -0.149. The van der Waals surface area contributed by atoms with Gasteiger partial charge >= 0.3 is 12.1 Å². The van der Waals surface area contributed by atoms with Gasteiger partial charge < -0.3 is 28.4 Å². The summed E-state index contributed by atoms with van der Waals surface area (Å²) >= 11 is 0.996. The number of carbonyl (C=O) groups excluding carboxylic acids is 3. The summed E-state index contributed by atoms with van der Waals surface area (Å²) in [5.41, 5.74) is 0.251. The highest BCUT2D eigenvalue weighted by molar-refractivity contribution is 7.91. The number of nitrogens with one attached hydrogen (secondary N) is 3. The first-order valence-electron chi connectivity index (χ1n) is 14.9. The quantitative estimate of drug-likeness (QED) is 0.131. The number of para-hydroxylation sites is 1. The van der Waals surface area contributed by atoms with Crippen molar-refractivity contribution in [2.75, 3.05) is 45.8 Å². The molecule has 20 heteroatoms. The Morgan fingerprint density at radius 2 is 1.82 bits per heavy atom. The van der Waals surface area contributed by atoms with E-state index in [1.165, 1.54) is 25.1 Å². The van der Waals surface area contributed by atoms with E-state index in [9.17, 15) is 27.6 Å². The summed E-state index contributed by atoms with van der Waals surface area (Å²) in [7, 11) is -1.06. The van der Waals surface area contributed by atoms with Crippen LogP contribution in [0.25, 0.3) is 21.4 Å². The van der Waals surface area contributed by atoms with Crippen LogP contribution in [-0.4, -0.2) is 96.3 Å². The zero-order chi connectivity index (χ0) is 35.8. The molecule has 3 N–H and O–H groups in total. The van der Waals surface area contributed by atoms with E-state index in [4.69, 9.17) is 18.9 Å². The van der Waals surface area contributed by atoms with Crippen LogP contribution in [-0.2, 0) is 42.2 Å². The number of amides is 2. The Morgan fingerprint density at radius 3 is 2.56 bits per heavy atom. The molecule has 0 fully saturated rings. The summed E-state index contributed by atoms with van der Waals surface area (Å²) < 4.78 is 50.7. The molecule has 264 valence electrons. The zero-order valence-corrected chi connectivity index (χ0v) is 28.6. The number of thiazole rings is 1. The average Bonchev–Trinajstić information content (AvgIpc) is 3.72. The number of imidazole rings is 1. The van der Waals surface area contributed by atoms with E-state index in [0.29, 0.717) is 27.3 Å². The summed E-state index contributed by atoms with van der Waals surface area (Å²) in [4.78, 5) is 67.0. The number of methoxy groups -OCH3 is 2. The van der Waals surface area contributed by atoms with Crippen LogP contribution in [0.5, 0.6) is 11.5 Å². The molecule has 2 aromatic carbocycles. The number of nitrogens with zero attached hydrogens (tertiary/aromatic N) is 5. The molecule has 3 aromatic heterocycles. The number of hydrogen-bond donors (Lipinski definition) is 3. The van der Waals surface area contributed by atoms with Crippen LogP contribution < -0.4 is 25.1 Å². The maximum Gasteiger partial charge on any atom is 0.414 e. The third-order valence-electron chi connectivity index (χ3n) is 6.97. The highest BCUT2D eigenvalue weighted by Gasteiger charge is 2.23. The smallest absolute Gasteiger partial charge is 0.414 e. The first-order chi connectivity index (χ1) is 24.0. The average molecular weight is 729 g/mol. The van der Waals surface area contributed by atoms with Crippen molar-refractivity contribution in [3.8, 4) is 11.5 Å². The lowest BCUT2D eigenvalue weighted by Crippen LogP contribution is -2.43. The summed E-state index contributed by atoms with van der Waals surface area (Å²) in [5.74, 6) is -0.679. The fraction of sp³-hybridized carbons (Fsp3) is 0.300. The van der Waals surface area contributed by atoms with Gasteiger partial charge in [0, 0.05) is 13.1 Å². The van der Waals surface area contributed by atoms with E-state index in [1.807, 2.05) is 0 Å². The van der Waals surface area contributed by atoms with Crippen LogP contribution in [0.4, 0.5) is 10.7 Å². The Hall–Kier alpha value is -5.60. The number of carbonyl (C=O) groups is 3. The van der Waals surface area contributed by atoms with Gasteiger partial charge in [-0.25, -0.2) is 27.9 Å². The second-order valence-corrected chi connectivity index (χ2v) is 13.3. The Kier molecular flexibility index (Phi) is 11.2. The van der Waals surface area contributed by atoms with E-state index in [2.05, 4.69) is 30.0 Å². The summed E-state index contributed by atoms with van der Waals surface area (Å²) in [6, 6.07) is 11.9. The first kappa shape index (κ1) is 35.7. The molecule has 5 rings (SSSR count). The molecule has 5 aromatic rings. The predicted octanol–water partition coefficient (Wildman–Crippen LogP) is 1.87. The van der Waals surface area contributed by atoms with Gasteiger partial charge in [0.05, 0.1) is 37.4 Å². The van der Waals surface area contributed by atoms with Gasteiger partial charge in [-0.05, 0) is 36.8 Å². The molecule has 0 bridgehead atoms. The van der Waals surface area contributed by atoms with E-state index in [1.54, 1.807) is 49.4 Å². The van der Waals surface area contributed by atoms with Crippen molar-refractivity contribution in [1.29, 1.82) is 0 Å². The molecule has 0 aliphatic rings. The van der Waals surface area contributed by atoms with E-state index in [-0.39, 0.29) is 47.8 Å². The second kappa shape index (κ2) is 15.7. The van der Waals surface area contributed by atoms with Crippen molar-refractivity contribution in [3.63, 3.8) is 0 Å². The third kappa shape index (κ3) is 8.51. The fourth-order valence-electron chi connectivity index (χ4n) is 4.62. The lowest BCUT2D eigenvalue weighted by Gasteiger charge is -2.22. The van der Waals surface area contributed by atoms with Crippen LogP contribution in [0, 0.1) is 0 Å². The van der Waals surface area contributed by atoms with Crippen molar-refractivity contribution < 1.29 is 41.7 Å². The first-order valence-corrected chi connectivity index (χ1v) is 17.2. The highest BCUT2D eigenvalue weighted by Crippen LogP contribution is 2.28. The van der Waals surface area contributed by atoms with E-state index >= 15 is 0 Å². The molecule has 0 spiro atoms. The van der Waals surface area contributed by atoms with E-state index < -0.39 is 46.6 Å². The van der Waals surface area contributed by atoms with Crippen LogP contribution in [0.15, 0.2) is 57.9 Å². The minimum Gasteiger partial charge on any atom is -0.493 e. The van der Waals surface area contributed by atoms with Crippen LogP contribution in [0.2, 0.25) is 0 Å². The van der Waals surface area contributed by atoms with Crippen LogP contribution in [0.3, 0.4) is 0 Å². The topological polar surface area (TPSA) is 226 Å². The molecular formula is C30H32N8O10S2. The lowest BCUT2D eigenvalue weighted by atomic mass is 10.2. The SMILES string of the molecule is CCOC(=O)CN(CCNS(=O)(=O)c1nc2ccccc2s1)C(=O)Cn1cnc2c(=O)[nH]c(NC(=O)OCc3ccc(OC)c(OC)c3)nc21. The van der Waals surface area contributed by atoms with Crippen molar-refractivity contribution in [2.45, 2.75) is 24.4 Å². The number of sulfonamides is 1. The summed E-state index contributed by atoms with van der Waals surface area (Å²) in [6.07, 6.45) is 0.265. The van der Waals surface area contributed by atoms with Gasteiger partial charge in [-0.2, -0.15) is 4.98 Å². The van der Waals surface area contributed by atoms with Crippen molar-refractivity contribution in [2.24, 2.45) is 0 Å². The minimum absolute atomic E-state index is 0.0510. The van der Waals surface area contributed by atoms with Gasteiger partial charge in [0.15, 0.2) is 22.7 Å². The van der Waals surface area contributed by atoms with Gasteiger partial charge in [0.2, 0.25) is 16.2 Å². The number of aromatic amines is 1. The maximum atomic E-state index is 13.5. The number of esters is 1. The number of anilines is 1. The zero-order valence-electron chi connectivity index (χ0n) is 27.0. The Labute approximate surface area is 288 Å². The van der Waals surface area contributed by atoms with Gasteiger partial charge in [0.1, 0.15) is 19.7 Å². The fourth-order valence-corrected chi connectivity index (χ4v) is 6.91. The Bertz CT molecular complexity index is 2170. The second-order valence-electron chi connectivity index (χ2n) is 10.3. The molecule has 0 aliphatic heterocycles. The Morgan fingerprint density at radius 1 is 1.04 bits per heavy atom. The highest BCUT2D eigenvalue weighted by atomic mass is 32.2. The molecule has 0 saturated heterocycles. The predicted molar refractivity (Wildman–Crippen MR) is 180 cm³/mol. The van der Waals surface area contributed by atoms with Crippen molar-refractivity contribution in [3.05, 3.63) is 64.7 Å². The van der Waals surface area contributed by atoms with Crippen molar-refractivity contribution >= 4 is 66.7 Å². The molecule has 0 atom stereocenters. The number of hydrogen-bond acceptors (Lipinski definition) is 14. The molecule has 0 saturated carbocycles. The summed E-state index contributed by atoms with van der Waals surface area (Å²) in [5, 5.41) is 2.34. The molecule has 0 aliphatic carbocycles. The van der Waals surface area contributed by atoms with Crippen LogP contribution in [0.1, 0.15) is 12.5 Å². The number of ether oxygens (including phenoxy) is 4. The van der Waals surface area contributed by atoms with Gasteiger partial charge in [-0.3, -0.25) is 24.7 Å². The molecule has 0 unspecified atom stereocenters. The number of aromatic nitrogens is 5. The Balaban J connectivity index is 1.26. The monoisotopic (exact) mass is 728 g/mol. The van der Waals surface area contributed by atoms with Crippen molar-refractivity contribution in [1.82, 2.24) is 34.1 Å². The molecule has 0 radical (unpaired) electrons. The standard InChI is InChI=1S/C30H32N8O10S2/c1-4-47-24(40)15-37(12-11-32-50(43,44)30-33-19-7-5-6-8-22(19)49-30)23(39)14-38-17-31-25-26(38)34-28(35-27(25)41)36-29(42)48-16-18-9-10-20(45-2)21(13-18)46-3/h5-10,13,17,32H,4,11-12,14-16H2,1-3H3,(H2,34,35,36,41,42). The third-order valence-corrected chi connectivity index (χ3v) is 9.85. The molecular weight excluding hydrogens is 697 g/mol. The normalized spacial score (nSPS) is 11.3. The molecule has 18 nitrogen and oxygen atoms in total. The molecule has 50 heavy (non-hydrogen) atoms. The minimum atomic E-state index is -4.02. The van der Waals surface area contributed by atoms with E-state index in [0.717, 1.165) is 16.2 Å². The largest absolute Gasteiger partial charge is 0.493 e. The maximum absolute atomic E-state index is 13.5. The van der Waals surface area contributed by atoms with Gasteiger partial charge in [-0.15, -0.1) is 11.3 Å². The van der Waals surface area contributed by atoms with Gasteiger partial charge in [-0.1, -0.05) is 18.2 Å². The molecule has 2 amide bonds.